The van der Waals surface area contributed by atoms with Crippen molar-refractivity contribution in [2.45, 2.75) is 11.8 Å². The van der Waals surface area contributed by atoms with Crippen LogP contribution in [-0.2, 0) is 10.0 Å². The minimum atomic E-state index is -3.56. The average Bonchev–Trinajstić information content (AvgIpc) is 2.68. The summed E-state index contributed by atoms with van der Waals surface area (Å²) in [5, 5.41) is 0.444. The molecule has 6 nitrogen and oxygen atoms in total. The second-order valence-corrected chi connectivity index (χ2v) is 8.73. The van der Waals surface area contributed by atoms with E-state index in [2.05, 4.69) is 0 Å². The molecule has 1 saturated heterocycles. The van der Waals surface area contributed by atoms with E-state index in [1.165, 1.54) is 11.4 Å². The number of halogens is 1. The highest BCUT2D eigenvalue weighted by Crippen LogP contribution is 2.25. The number of aryl methyl sites for hydroxylation is 1. The lowest BCUT2D eigenvalue weighted by atomic mass is 10.1. The number of ether oxygens (including phenoxy) is 1. The predicted molar refractivity (Wildman–Crippen MR) is 104 cm³/mol. The molecule has 8 heteroatoms. The summed E-state index contributed by atoms with van der Waals surface area (Å²) in [5.41, 5.74) is 1.37. The number of carbonyl (C=O) groups is 1. The lowest BCUT2D eigenvalue weighted by molar-refractivity contribution is 0.0694. The summed E-state index contributed by atoms with van der Waals surface area (Å²) in [6, 6.07) is 11.6. The smallest absolute Gasteiger partial charge is 0.257 e. The standard InChI is InChI=1S/C19H21ClN2O4S/c1-14-3-6-16(7-4-14)27(24,25)22-11-9-21(10-12-22)19(23)17-13-15(20)5-8-18(17)26-2/h3-8,13H,9-12H2,1-2H3. The summed E-state index contributed by atoms with van der Waals surface area (Å²) in [6.07, 6.45) is 0. The van der Waals surface area contributed by atoms with E-state index < -0.39 is 10.0 Å². The highest BCUT2D eigenvalue weighted by molar-refractivity contribution is 7.89. The second kappa shape index (κ2) is 7.88. The summed E-state index contributed by atoms with van der Waals surface area (Å²) in [5.74, 6) is 0.223. The maximum absolute atomic E-state index is 12.8. The summed E-state index contributed by atoms with van der Waals surface area (Å²) >= 11 is 6.00. The molecule has 0 radical (unpaired) electrons. The molecule has 1 aliphatic heterocycles. The van der Waals surface area contributed by atoms with Crippen molar-refractivity contribution < 1.29 is 17.9 Å². The van der Waals surface area contributed by atoms with Crippen molar-refractivity contribution in [2.75, 3.05) is 33.3 Å². The Balaban J connectivity index is 1.73. The van der Waals surface area contributed by atoms with Crippen molar-refractivity contribution >= 4 is 27.5 Å². The number of benzene rings is 2. The van der Waals surface area contributed by atoms with Gasteiger partial charge < -0.3 is 9.64 Å². The van der Waals surface area contributed by atoms with E-state index in [0.717, 1.165) is 5.56 Å². The molecule has 2 aromatic rings. The fourth-order valence-electron chi connectivity index (χ4n) is 3.01. The van der Waals surface area contributed by atoms with Gasteiger partial charge in [0.1, 0.15) is 5.75 Å². The first-order valence-corrected chi connectivity index (χ1v) is 10.3. The Morgan fingerprint density at radius 1 is 1.04 bits per heavy atom. The van der Waals surface area contributed by atoms with Gasteiger partial charge in [0.25, 0.3) is 5.91 Å². The molecule has 1 aliphatic rings. The second-order valence-electron chi connectivity index (χ2n) is 6.35. The molecule has 0 N–H and O–H groups in total. The van der Waals surface area contributed by atoms with Crippen LogP contribution in [0.3, 0.4) is 0 Å². The number of rotatable bonds is 4. The monoisotopic (exact) mass is 408 g/mol. The van der Waals surface area contributed by atoms with Gasteiger partial charge in [0.15, 0.2) is 0 Å². The summed E-state index contributed by atoms with van der Waals surface area (Å²) < 4.78 is 32.2. The predicted octanol–water partition coefficient (Wildman–Crippen LogP) is 2.80. The first kappa shape index (κ1) is 19.7. The SMILES string of the molecule is COc1ccc(Cl)cc1C(=O)N1CCN(S(=O)(=O)c2ccc(C)cc2)CC1. The van der Waals surface area contributed by atoms with E-state index in [1.54, 1.807) is 47.4 Å². The van der Waals surface area contributed by atoms with E-state index in [9.17, 15) is 13.2 Å². The molecular weight excluding hydrogens is 388 g/mol. The van der Waals surface area contributed by atoms with Crippen molar-refractivity contribution in [3.05, 3.63) is 58.6 Å². The molecule has 0 aliphatic carbocycles. The zero-order valence-corrected chi connectivity index (χ0v) is 16.8. The Morgan fingerprint density at radius 3 is 2.26 bits per heavy atom. The largest absolute Gasteiger partial charge is 0.496 e. The van der Waals surface area contributed by atoms with E-state index in [1.807, 2.05) is 6.92 Å². The van der Waals surface area contributed by atoms with Gasteiger partial charge in [0.2, 0.25) is 10.0 Å². The van der Waals surface area contributed by atoms with Crippen molar-refractivity contribution in [2.24, 2.45) is 0 Å². The molecule has 0 unspecified atom stereocenters. The van der Waals surface area contributed by atoms with Crippen LogP contribution in [0.15, 0.2) is 47.4 Å². The molecule has 0 saturated carbocycles. The number of hydrogen-bond acceptors (Lipinski definition) is 4. The molecule has 2 aromatic carbocycles. The van der Waals surface area contributed by atoms with E-state index in [4.69, 9.17) is 16.3 Å². The third kappa shape index (κ3) is 4.10. The quantitative estimate of drug-likeness (QED) is 0.780. The molecule has 3 rings (SSSR count). The first-order chi connectivity index (χ1) is 12.8. The van der Waals surface area contributed by atoms with Crippen LogP contribution in [0.1, 0.15) is 15.9 Å². The van der Waals surface area contributed by atoms with Gasteiger partial charge in [-0.15, -0.1) is 0 Å². The fraction of sp³-hybridized carbons (Fsp3) is 0.316. The number of carbonyl (C=O) groups excluding carboxylic acids is 1. The van der Waals surface area contributed by atoms with Crippen molar-refractivity contribution in [3.63, 3.8) is 0 Å². The van der Waals surface area contributed by atoms with E-state index in [-0.39, 0.29) is 23.9 Å². The minimum Gasteiger partial charge on any atom is -0.496 e. The Hall–Kier alpha value is -2.09. The normalized spacial score (nSPS) is 15.6. The Labute approximate surface area is 164 Å². The molecule has 1 heterocycles. The summed E-state index contributed by atoms with van der Waals surface area (Å²) in [4.78, 5) is 14.7. The van der Waals surface area contributed by atoms with Crippen LogP contribution < -0.4 is 4.74 Å². The number of amides is 1. The highest BCUT2D eigenvalue weighted by atomic mass is 35.5. The molecule has 0 aromatic heterocycles. The van der Waals surface area contributed by atoms with Crippen LogP contribution in [-0.4, -0.2) is 56.8 Å². The number of hydrogen-bond donors (Lipinski definition) is 0. The van der Waals surface area contributed by atoms with Gasteiger partial charge in [-0.25, -0.2) is 8.42 Å². The highest BCUT2D eigenvalue weighted by Gasteiger charge is 2.31. The number of piperazine rings is 1. The van der Waals surface area contributed by atoms with Crippen molar-refractivity contribution in [1.29, 1.82) is 0 Å². The summed E-state index contributed by atoms with van der Waals surface area (Å²) in [6.45, 7) is 3.00. The molecule has 0 bridgehead atoms. The van der Waals surface area contributed by atoms with Crippen LogP contribution in [0.4, 0.5) is 0 Å². The molecule has 1 fully saturated rings. The first-order valence-electron chi connectivity index (χ1n) is 8.52. The third-order valence-corrected chi connectivity index (χ3v) is 6.72. The Bertz CT molecular complexity index is 937. The zero-order valence-electron chi connectivity index (χ0n) is 15.2. The Kier molecular flexibility index (Phi) is 5.74. The van der Waals surface area contributed by atoms with Gasteiger partial charge in [0.05, 0.1) is 17.6 Å². The van der Waals surface area contributed by atoms with Gasteiger partial charge in [-0.2, -0.15) is 4.31 Å². The molecule has 1 amide bonds. The number of methoxy groups -OCH3 is 1. The van der Waals surface area contributed by atoms with E-state index >= 15 is 0 Å². The summed E-state index contributed by atoms with van der Waals surface area (Å²) in [7, 11) is -2.07. The van der Waals surface area contributed by atoms with Crippen LogP contribution >= 0.6 is 11.6 Å². The van der Waals surface area contributed by atoms with Crippen molar-refractivity contribution in [3.8, 4) is 5.75 Å². The van der Waals surface area contributed by atoms with Crippen LogP contribution in [0.2, 0.25) is 5.02 Å². The van der Waals surface area contributed by atoms with E-state index in [0.29, 0.717) is 29.4 Å². The Morgan fingerprint density at radius 2 is 1.67 bits per heavy atom. The number of nitrogens with zero attached hydrogens (tertiary/aromatic N) is 2. The van der Waals surface area contributed by atoms with Crippen molar-refractivity contribution in [1.82, 2.24) is 9.21 Å². The van der Waals surface area contributed by atoms with Gasteiger partial charge >= 0.3 is 0 Å². The molecule has 144 valence electrons. The topological polar surface area (TPSA) is 66.9 Å². The third-order valence-electron chi connectivity index (χ3n) is 4.58. The maximum Gasteiger partial charge on any atom is 0.257 e. The fourth-order valence-corrected chi connectivity index (χ4v) is 4.60. The molecular formula is C19H21ClN2O4S. The number of sulfonamides is 1. The van der Waals surface area contributed by atoms with Gasteiger partial charge in [-0.1, -0.05) is 29.3 Å². The van der Waals surface area contributed by atoms with Gasteiger partial charge in [-0.05, 0) is 37.3 Å². The van der Waals surface area contributed by atoms with Gasteiger partial charge in [-0.3, -0.25) is 4.79 Å². The molecule has 0 atom stereocenters. The average molecular weight is 409 g/mol. The van der Waals surface area contributed by atoms with Crippen LogP contribution in [0, 0.1) is 6.92 Å². The lowest BCUT2D eigenvalue weighted by Crippen LogP contribution is -2.50. The lowest BCUT2D eigenvalue weighted by Gasteiger charge is -2.34. The molecule has 27 heavy (non-hydrogen) atoms. The van der Waals surface area contributed by atoms with Gasteiger partial charge in [0, 0.05) is 31.2 Å². The molecule has 0 spiro atoms. The zero-order chi connectivity index (χ0) is 19.6. The minimum absolute atomic E-state index is 0.221. The van der Waals surface area contributed by atoms with Crippen LogP contribution in [0.5, 0.6) is 5.75 Å². The maximum atomic E-state index is 12.8. The van der Waals surface area contributed by atoms with Crippen LogP contribution in [0.25, 0.3) is 0 Å².